The lowest BCUT2D eigenvalue weighted by atomic mass is 10.1. The van der Waals surface area contributed by atoms with Crippen LogP contribution in [0.15, 0.2) is 23.6 Å². The fourth-order valence-corrected chi connectivity index (χ4v) is 3.75. The molecule has 1 saturated carbocycles. The first kappa shape index (κ1) is 17.9. The van der Waals surface area contributed by atoms with E-state index < -0.39 is 11.6 Å². The number of nitrogens with zero attached hydrogens (tertiary/aromatic N) is 3. The summed E-state index contributed by atoms with van der Waals surface area (Å²) in [6, 6.07) is 3.47. The van der Waals surface area contributed by atoms with Gasteiger partial charge >= 0.3 is 0 Å². The van der Waals surface area contributed by atoms with Crippen LogP contribution in [-0.2, 0) is 11.3 Å². The molecule has 0 bridgehead atoms. The highest BCUT2D eigenvalue weighted by atomic mass is 32.1. The highest BCUT2D eigenvalue weighted by Crippen LogP contribution is 2.34. The first-order chi connectivity index (χ1) is 11.9. The highest BCUT2D eigenvalue weighted by Gasteiger charge is 2.33. The van der Waals surface area contributed by atoms with E-state index in [9.17, 15) is 13.6 Å². The molecule has 7 heteroatoms. The van der Waals surface area contributed by atoms with Gasteiger partial charge in [-0.3, -0.25) is 14.6 Å². The van der Waals surface area contributed by atoms with Crippen molar-refractivity contribution in [2.24, 2.45) is 0 Å². The molecule has 1 aliphatic rings. The van der Waals surface area contributed by atoms with E-state index in [2.05, 4.69) is 4.98 Å². The standard InChI is InChI=1S/C18H21F2N3OS/c1-11(16-8-13(19)4-7-17(16)20)22(3)9-14-10-25-18(21-14)23(12(2)24)15-5-6-15/h4,7-8,10-11,15H,5-6,9H2,1-3H3. The molecular weight excluding hydrogens is 344 g/mol. The van der Waals surface area contributed by atoms with Crippen LogP contribution in [0, 0.1) is 11.6 Å². The van der Waals surface area contributed by atoms with Gasteiger partial charge in [-0.25, -0.2) is 13.8 Å². The van der Waals surface area contributed by atoms with E-state index in [1.807, 2.05) is 24.3 Å². The number of aromatic nitrogens is 1. The number of anilines is 1. The Bertz CT molecular complexity index is 775. The maximum Gasteiger partial charge on any atom is 0.225 e. The van der Waals surface area contributed by atoms with Crippen LogP contribution in [0.1, 0.15) is 44.0 Å². The van der Waals surface area contributed by atoms with Gasteiger partial charge in [-0.2, -0.15) is 0 Å². The van der Waals surface area contributed by atoms with Gasteiger partial charge in [0.25, 0.3) is 0 Å². The summed E-state index contributed by atoms with van der Waals surface area (Å²) >= 11 is 1.44. The van der Waals surface area contributed by atoms with E-state index in [0.717, 1.165) is 30.7 Å². The number of carbonyl (C=O) groups excluding carboxylic acids is 1. The van der Waals surface area contributed by atoms with Gasteiger partial charge in [0.05, 0.1) is 5.69 Å². The van der Waals surface area contributed by atoms with E-state index in [4.69, 9.17) is 0 Å². The number of benzene rings is 1. The fourth-order valence-electron chi connectivity index (χ4n) is 2.82. The number of amides is 1. The van der Waals surface area contributed by atoms with Gasteiger partial charge in [0.1, 0.15) is 11.6 Å². The Morgan fingerprint density at radius 3 is 2.76 bits per heavy atom. The molecular formula is C18H21F2N3OS. The normalized spacial score (nSPS) is 15.4. The second kappa shape index (κ2) is 7.17. The zero-order chi connectivity index (χ0) is 18.1. The molecule has 0 aliphatic heterocycles. The maximum atomic E-state index is 14.0. The number of thiazole rings is 1. The van der Waals surface area contributed by atoms with Gasteiger partial charge in [0.2, 0.25) is 5.91 Å². The molecule has 2 aromatic rings. The molecule has 1 atom stereocenters. The minimum absolute atomic E-state index is 0.00644. The summed E-state index contributed by atoms with van der Waals surface area (Å²) in [5.74, 6) is -0.864. The lowest BCUT2D eigenvalue weighted by Gasteiger charge is -2.24. The van der Waals surface area contributed by atoms with Crippen LogP contribution >= 0.6 is 11.3 Å². The third kappa shape index (κ3) is 4.04. The van der Waals surface area contributed by atoms with Gasteiger partial charge in [0.15, 0.2) is 5.13 Å². The zero-order valence-electron chi connectivity index (χ0n) is 14.5. The predicted molar refractivity (Wildman–Crippen MR) is 94.5 cm³/mol. The van der Waals surface area contributed by atoms with Gasteiger partial charge < -0.3 is 0 Å². The molecule has 1 aromatic heterocycles. The molecule has 134 valence electrons. The maximum absolute atomic E-state index is 14.0. The Balaban J connectivity index is 1.71. The van der Waals surface area contributed by atoms with Crippen molar-refractivity contribution in [3.8, 4) is 0 Å². The van der Waals surface area contributed by atoms with Crippen molar-refractivity contribution < 1.29 is 13.6 Å². The molecule has 0 spiro atoms. The minimum Gasteiger partial charge on any atom is -0.294 e. The number of rotatable bonds is 6. The van der Waals surface area contributed by atoms with E-state index in [-0.39, 0.29) is 18.0 Å². The minimum atomic E-state index is -0.450. The lowest BCUT2D eigenvalue weighted by Crippen LogP contribution is -2.30. The van der Waals surface area contributed by atoms with E-state index >= 15 is 0 Å². The fraction of sp³-hybridized carbons (Fsp3) is 0.444. The second-order valence-electron chi connectivity index (χ2n) is 6.50. The van der Waals surface area contributed by atoms with Crippen molar-refractivity contribution in [3.05, 3.63) is 46.5 Å². The van der Waals surface area contributed by atoms with Crippen LogP contribution in [0.5, 0.6) is 0 Å². The summed E-state index contributed by atoms with van der Waals surface area (Å²) in [4.78, 5) is 20.1. The number of carbonyl (C=O) groups is 1. The Kier molecular flexibility index (Phi) is 5.15. The van der Waals surface area contributed by atoms with Crippen LogP contribution in [0.4, 0.5) is 13.9 Å². The number of hydrogen-bond donors (Lipinski definition) is 0. The van der Waals surface area contributed by atoms with Crippen LogP contribution in [0.25, 0.3) is 0 Å². The number of hydrogen-bond acceptors (Lipinski definition) is 4. The third-order valence-corrected chi connectivity index (χ3v) is 5.37. The summed E-state index contributed by atoms with van der Waals surface area (Å²) in [7, 11) is 1.84. The predicted octanol–water partition coefficient (Wildman–Crippen LogP) is 4.13. The SMILES string of the molecule is CC(=O)N(c1nc(CN(C)C(C)c2cc(F)ccc2F)cs1)C1CC1. The summed E-state index contributed by atoms with van der Waals surface area (Å²) in [6.45, 7) is 3.88. The van der Waals surface area contributed by atoms with Crippen LogP contribution in [-0.4, -0.2) is 28.9 Å². The molecule has 1 fully saturated rings. The van der Waals surface area contributed by atoms with Crippen molar-refractivity contribution in [1.82, 2.24) is 9.88 Å². The monoisotopic (exact) mass is 365 g/mol. The molecule has 1 unspecified atom stereocenters. The highest BCUT2D eigenvalue weighted by molar-refractivity contribution is 7.14. The molecule has 1 amide bonds. The van der Waals surface area contributed by atoms with Crippen molar-refractivity contribution in [1.29, 1.82) is 0 Å². The van der Waals surface area contributed by atoms with Crippen molar-refractivity contribution >= 4 is 22.4 Å². The summed E-state index contributed by atoms with van der Waals surface area (Å²) in [6.07, 6.45) is 2.04. The Labute approximate surface area is 150 Å². The van der Waals surface area contributed by atoms with Crippen LogP contribution < -0.4 is 4.90 Å². The average Bonchev–Trinajstić information content (AvgIpc) is 3.28. The number of halogens is 2. The second-order valence-corrected chi connectivity index (χ2v) is 7.34. The average molecular weight is 365 g/mol. The molecule has 25 heavy (non-hydrogen) atoms. The molecule has 1 heterocycles. The lowest BCUT2D eigenvalue weighted by molar-refractivity contribution is -0.116. The van der Waals surface area contributed by atoms with E-state index in [1.165, 1.54) is 17.4 Å². The molecule has 1 aliphatic carbocycles. The Morgan fingerprint density at radius 2 is 2.12 bits per heavy atom. The summed E-state index contributed by atoms with van der Waals surface area (Å²) in [5.41, 5.74) is 1.14. The van der Waals surface area contributed by atoms with Gasteiger partial charge in [0, 0.05) is 36.5 Å². The molecule has 0 N–H and O–H groups in total. The van der Waals surface area contributed by atoms with E-state index in [1.54, 1.807) is 11.8 Å². The largest absolute Gasteiger partial charge is 0.294 e. The van der Waals surface area contributed by atoms with Crippen LogP contribution in [0.2, 0.25) is 0 Å². The van der Waals surface area contributed by atoms with Crippen molar-refractivity contribution in [2.45, 2.75) is 45.3 Å². The van der Waals surface area contributed by atoms with Gasteiger partial charge in [-0.05, 0) is 45.0 Å². The topological polar surface area (TPSA) is 36.4 Å². The smallest absolute Gasteiger partial charge is 0.225 e. The Hall–Kier alpha value is -1.86. The first-order valence-corrected chi connectivity index (χ1v) is 9.14. The molecule has 3 rings (SSSR count). The van der Waals surface area contributed by atoms with Gasteiger partial charge in [-0.15, -0.1) is 11.3 Å². The Morgan fingerprint density at radius 1 is 1.40 bits per heavy atom. The quantitative estimate of drug-likeness (QED) is 0.772. The molecule has 0 radical (unpaired) electrons. The first-order valence-electron chi connectivity index (χ1n) is 8.26. The summed E-state index contributed by atoms with van der Waals surface area (Å²) in [5, 5.41) is 2.63. The summed E-state index contributed by atoms with van der Waals surface area (Å²) < 4.78 is 27.4. The van der Waals surface area contributed by atoms with Crippen molar-refractivity contribution in [3.63, 3.8) is 0 Å². The zero-order valence-corrected chi connectivity index (χ0v) is 15.3. The van der Waals surface area contributed by atoms with E-state index in [0.29, 0.717) is 17.2 Å². The van der Waals surface area contributed by atoms with Crippen LogP contribution in [0.3, 0.4) is 0 Å². The van der Waals surface area contributed by atoms with Crippen molar-refractivity contribution in [2.75, 3.05) is 11.9 Å². The third-order valence-electron chi connectivity index (χ3n) is 4.48. The molecule has 1 aromatic carbocycles. The molecule has 4 nitrogen and oxygen atoms in total. The van der Waals surface area contributed by atoms with Gasteiger partial charge in [-0.1, -0.05) is 0 Å². The molecule has 0 saturated heterocycles.